The molecule has 1 saturated heterocycles. The van der Waals surface area contributed by atoms with Crippen LogP contribution in [0.5, 0.6) is 0 Å². The van der Waals surface area contributed by atoms with Gasteiger partial charge in [-0.3, -0.25) is 4.98 Å². The van der Waals surface area contributed by atoms with Crippen LogP contribution in [0.4, 0.5) is 5.69 Å². The lowest BCUT2D eigenvalue weighted by molar-refractivity contribution is 0.101. The Morgan fingerprint density at radius 3 is 2.50 bits per heavy atom. The fourth-order valence-corrected chi connectivity index (χ4v) is 5.62. The normalized spacial score (nSPS) is 21.4. The number of benzene rings is 1. The molecule has 1 aliphatic rings. The highest BCUT2D eigenvalue weighted by Gasteiger charge is 2.31. The predicted octanol–water partition coefficient (Wildman–Crippen LogP) is 5.79. The van der Waals surface area contributed by atoms with Gasteiger partial charge in [0.2, 0.25) is 0 Å². The zero-order valence-electron chi connectivity index (χ0n) is 20.8. The maximum atomic E-state index is 12.9. The summed E-state index contributed by atoms with van der Waals surface area (Å²) in [6.45, 7) is 8.50. The molecule has 5 rings (SSSR count). The van der Waals surface area contributed by atoms with Gasteiger partial charge in [-0.1, -0.05) is 13.8 Å². The van der Waals surface area contributed by atoms with Crippen LogP contribution in [-0.2, 0) is 0 Å². The van der Waals surface area contributed by atoms with Crippen molar-refractivity contribution in [2.45, 2.75) is 71.5 Å². The molecule has 6 nitrogen and oxygen atoms in total. The van der Waals surface area contributed by atoms with E-state index in [-0.39, 0.29) is 5.63 Å². The van der Waals surface area contributed by atoms with Crippen molar-refractivity contribution < 1.29 is 4.42 Å². The molecule has 1 unspecified atom stereocenters. The zero-order chi connectivity index (χ0) is 24.0. The van der Waals surface area contributed by atoms with Crippen molar-refractivity contribution in [1.82, 2.24) is 14.3 Å². The second-order valence-electron chi connectivity index (χ2n) is 9.79. The van der Waals surface area contributed by atoms with Crippen molar-refractivity contribution in [3.63, 3.8) is 0 Å². The van der Waals surface area contributed by atoms with Crippen LogP contribution in [0.1, 0.15) is 50.9 Å². The van der Waals surface area contributed by atoms with Gasteiger partial charge in [-0.25, -0.2) is 4.79 Å². The number of fused-ring (bicyclic) bond motifs is 2. The fourth-order valence-electron chi connectivity index (χ4n) is 5.62. The minimum Gasteiger partial charge on any atom is -0.422 e. The molecule has 0 saturated carbocycles. The summed E-state index contributed by atoms with van der Waals surface area (Å²) in [4.78, 5) is 20.0. The monoisotopic (exact) mass is 458 g/mol. The highest BCUT2D eigenvalue weighted by Crippen LogP contribution is 2.30. The van der Waals surface area contributed by atoms with E-state index < -0.39 is 0 Å². The van der Waals surface area contributed by atoms with Crippen LogP contribution in [0.2, 0.25) is 0 Å². The number of rotatable bonds is 5. The third-order valence-corrected chi connectivity index (χ3v) is 7.51. The summed E-state index contributed by atoms with van der Waals surface area (Å²) in [5.41, 5.74) is 5.59. The number of anilines is 1. The largest absolute Gasteiger partial charge is 0.422 e. The summed E-state index contributed by atoms with van der Waals surface area (Å²) in [7, 11) is 2.26. The van der Waals surface area contributed by atoms with Crippen LogP contribution in [0, 0.1) is 13.8 Å². The number of aromatic nitrogens is 2. The molecular weight excluding hydrogens is 424 g/mol. The SMILES string of the molecule is CC[C@@H]1CC(Nc2ccc3cc(-c4cc5c(C)nc(C)cn5c4)c(=O)oc3c2)C[C@H](CC)N1C. The number of hydrogen-bond donors (Lipinski definition) is 1. The van der Waals surface area contributed by atoms with Crippen LogP contribution in [0.3, 0.4) is 0 Å². The number of piperidine rings is 1. The number of nitrogens with zero attached hydrogens (tertiary/aromatic N) is 3. The Balaban J connectivity index is 1.44. The van der Waals surface area contributed by atoms with Gasteiger partial charge in [-0.15, -0.1) is 0 Å². The Labute approximate surface area is 200 Å². The molecular formula is C28H34N4O2. The topological polar surface area (TPSA) is 62.8 Å². The van der Waals surface area contributed by atoms with Crippen molar-refractivity contribution in [3.05, 3.63) is 64.5 Å². The third-order valence-electron chi connectivity index (χ3n) is 7.51. The average molecular weight is 459 g/mol. The van der Waals surface area contributed by atoms with Crippen LogP contribution >= 0.6 is 0 Å². The van der Waals surface area contributed by atoms with Crippen LogP contribution < -0.4 is 10.9 Å². The standard InChI is InChI=1S/C28H34N4O2/c1-6-23-12-22(13-24(7-2)31(23)5)30-21-9-8-19-10-25(28(33)34-27(19)14-21)20-11-26-18(4)29-17(3)15-32(26)16-20/h8-11,14-16,22-24,30H,6-7,12-13H2,1-5H3/t22?,23-,24+. The van der Waals surface area contributed by atoms with Gasteiger partial charge >= 0.3 is 5.63 Å². The van der Waals surface area contributed by atoms with Gasteiger partial charge in [0.1, 0.15) is 5.58 Å². The molecule has 0 radical (unpaired) electrons. The average Bonchev–Trinajstić information content (AvgIpc) is 3.23. The lowest BCUT2D eigenvalue weighted by atomic mass is 9.89. The van der Waals surface area contributed by atoms with Crippen molar-refractivity contribution >= 4 is 22.2 Å². The summed E-state index contributed by atoms with van der Waals surface area (Å²) in [5, 5.41) is 4.64. The van der Waals surface area contributed by atoms with Gasteiger partial charge in [-0.2, -0.15) is 0 Å². The first-order valence-electron chi connectivity index (χ1n) is 12.4. The first kappa shape index (κ1) is 22.7. The molecule has 1 N–H and O–H groups in total. The van der Waals surface area contributed by atoms with E-state index in [0.717, 1.165) is 59.2 Å². The molecule has 178 valence electrons. The molecule has 3 atom stereocenters. The Morgan fingerprint density at radius 2 is 1.79 bits per heavy atom. The number of nitrogens with one attached hydrogen (secondary N) is 1. The van der Waals surface area contributed by atoms with E-state index in [1.54, 1.807) is 0 Å². The summed E-state index contributed by atoms with van der Waals surface area (Å²) < 4.78 is 7.83. The minimum atomic E-state index is -0.320. The molecule has 6 heteroatoms. The fraction of sp³-hybridized carbons (Fsp3) is 0.429. The number of aryl methyl sites for hydroxylation is 2. The number of likely N-dealkylation sites (tertiary alicyclic amines) is 1. The maximum Gasteiger partial charge on any atom is 0.344 e. The number of hydrogen-bond acceptors (Lipinski definition) is 5. The Kier molecular flexibility index (Phi) is 5.94. The van der Waals surface area contributed by atoms with Gasteiger partial charge in [0, 0.05) is 53.2 Å². The predicted molar refractivity (Wildman–Crippen MR) is 139 cm³/mol. The van der Waals surface area contributed by atoms with E-state index in [2.05, 4.69) is 42.2 Å². The molecule has 0 spiro atoms. The van der Waals surface area contributed by atoms with E-state index in [0.29, 0.717) is 29.3 Å². The first-order valence-corrected chi connectivity index (χ1v) is 12.4. The summed E-state index contributed by atoms with van der Waals surface area (Å²) in [6, 6.07) is 11.7. The lowest BCUT2D eigenvalue weighted by Gasteiger charge is -2.43. The van der Waals surface area contributed by atoms with Gasteiger partial charge in [0.15, 0.2) is 0 Å². The molecule has 3 aromatic heterocycles. The summed E-state index contributed by atoms with van der Waals surface area (Å²) >= 11 is 0. The van der Waals surface area contributed by atoms with E-state index in [9.17, 15) is 4.79 Å². The highest BCUT2D eigenvalue weighted by atomic mass is 16.4. The van der Waals surface area contributed by atoms with Crippen LogP contribution in [0.25, 0.3) is 27.6 Å². The molecule has 0 amide bonds. The lowest BCUT2D eigenvalue weighted by Crippen LogP contribution is -2.49. The van der Waals surface area contributed by atoms with Gasteiger partial charge in [0.25, 0.3) is 0 Å². The molecule has 1 fully saturated rings. The molecule has 1 aromatic carbocycles. The Hall–Kier alpha value is -3.12. The van der Waals surface area contributed by atoms with Crippen molar-refractivity contribution in [2.24, 2.45) is 0 Å². The molecule has 1 aliphatic heterocycles. The second-order valence-corrected chi connectivity index (χ2v) is 9.79. The van der Waals surface area contributed by atoms with Crippen LogP contribution in [0.15, 0.2) is 51.9 Å². The van der Waals surface area contributed by atoms with Crippen LogP contribution in [-0.4, -0.2) is 39.5 Å². The van der Waals surface area contributed by atoms with Gasteiger partial charge < -0.3 is 19.0 Å². The Morgan fingerprint density at radius 1 is 1.06 bits per heavy atom. The summed E-state index contributed by atoms with van der Waals surface area (Å²) in [6.07, 6.45) is 8.51. The molecule has 4 heterocycles. The van der Waals surface area contributed by atoms with E-state index in [1.165, 1.54) is 0 Å². The van der Waals surface area contributed by atoms with E-state index in [1.807, 2.05) is 54.9 Å². The van der Waals surface area contributed by atoms with E-state index in [4.69, 9.17) is 4.42 Å². The van der Waals surface area contributed by atoms with E-state index >= 15 is 0 Å². The zero-order valence-corrected chi connectivity index (χ0v) is 20.8. The maximum absolute atomic E-state index is 12.9. The highest BCUT2D eigenvalue weighted by molar-refractivity contribution is 5.85. The second kappa shape index (κ2) is 8.91. The van der Waals surface area contributed by atoms with Crippen molar-refractivity contribution in [2.75, 3.05) is 12.4 Å². The summed E-state index contributed by atoms with van der Waals surface area (Å²) in [5.74, 6) is 0. The smallest absolute Gasteiger partial charge is 0.344 e. The Bertz CT molecular complexity index is 1390. The molecule has 0 bridgehead atoms. The molecule has 0 aliphatic carbocycles. The minimum absolute atomic E-state index is 0.320. The van der Waals surface area contributed by atoms with Gasteiger partial charge in [-0.05, 0) is 70.8 Å². The van der Waals surface area contributed by atoms with Crippen molar-refractivity contribution in [1.29, 1.82) is 0 Å². The first-order chi connectivity index (χ1) is 16.4. The van der Waals surface area contributed by atoms with Crippen molar-refractivity contribution in [3.8, 4) is 11.1 Å². The quantitative estimate of drug-likeness (QED) is 0.384. The molecule has 34 heavy (non-hydrogen) atoms. The third kappa shape index (κ3) is 4.11. The van der Waals surface area contributed by atoms with Gasteiger partial charge in [0.05, 0.1) is 22.5 Å². The molecule has 4 aromatic rings.